The Balaban J connectivity index is 1.20. The lowest BCUT2D eigenvalue weighted by Crippen LogP contribution is -2.49. The predicted octanol–water partition coefficient (Wildman–Crippen LogP) is 7.77. The number of hydrogen-bond acceptors (Lipinski definition) is 6. The number of unbranched alkanes of at least 4 members (excludes halogenated alkanes) is 1. The van der Waals surface area contributed by atoms with Crippen molar-refractivity contribution in [3.63, 3.8) is 0 Å². The number of nitrogens with zero attached hydrogens (tertiary/aromatic N) is 1. The largest absolute Gasteiger partial charge is 0.462 e. The highest BCUT2D eigenvalue weighted by Crippen LogP contribution is 2.43. The van der Waals surface area contributed by atoms with Crippen LogP contribution in [0.1, 0.15) is 37.0 Å². The lowest BCUT2D eigenvalue weighted by Gasteiger charge is -2.40. The van der Waals surface area contributed by atoms with E-state index in [9.17, 15) is 14.4 Å². The molecule has 9 heteroatoms. The molecule has 1 aliphatic carbocycles. The Morgan fingerprint density at radius 3 is 2.55 bits per heavy atom. The van der Waals surface area contributed by atoms with E-state index >= 15 is 0 Å². The first-order valence-corrected chi connectivity index (χ1v) is 15.7. The molecule has 2 aliphatic rings. The number of thioether (sulfide) groups is 2. The van der Waals surface area contributed by atoms with Gasteiger partial charge in [-0.15, -0.1) is 23.5 Å². The van der Waals surface area contributed by atoms with E-state index in [4.69, 9.17) is 4.74 Å². The molecule has 1 aliphatic heterocycles. The van der Waals surface area contributed by atoms with E-state index in [0.29, 0.717) is 23.5 Å². The molecule has 0 saturated carbocycles. The number of benzene rings is 3. The number of carbonyl (C=O) groups excluding carboxylic acids is 3. The van der Waals surface area contributed by atoms with Crippen molar-refractivity contribution >= 4 is 58.5 Å². The second-order valence-corrected chi connectivity index (χ2v) is 12.6. The topological polar surface area (TPSA) is 87.7 Å². The summed E-state index contributed by atoms with van der Waals surface area (Å²) in [5, 5.41) is 5.71. The zero-order valence-electron chi connectivity index (χ0n) is 23.5. The van der Waals surface area contributed by atoms with E-state index in [1.54, 1.807) is 36.0 Å². The number of anilines is 3. The molecule has 3 atom stereocenters. The fourth-order valence-corrected chi connectivity index (χ4v) is 6.82. The maximum absolute atomic E-state index is 13.6. The number of fused-ring (bicyclic) bond motifs is 2. The summed E-state index contributed by atoms with van der Waals surface area (Å²) in [6.45, 7) is 4.26. The van der Waals surface area contributed by atoms with Gasteiger partial charge in [0.25, 0.3) is 0 Å². The van der Waals surface area contributed by atoms with E-state index in [2.05, 4.69) is 22.8 Å². The standard InChI is InChI=1S/C33H33N3O4S2/c1-3-4-20-40-32(38)23-16-18-24(19-17-23)34-31(37)22(2)41-26-11-9-10-25(21-26)35-33(39)36-27-12-5-7-14-29(27)42-30-15-8-6-13-28(30)36/h5-19,21-22,27,29H,3-4,20H2,1-2H3,(H,34,37)(H,35,39). The van der Waals surface area contributed by atoms with Gasteiger partial charge in [-0.1, -0.05) is 55.8 Å². The van der Waals surface area contributed by atoms with Crippen LogP contribution in [0.2, 0.25) is 0 Å². The molecule has 3 aromatic carbocycles. The van der Waals surface area contributed by atoms with Crippen LogP contribution in [-0.2, 0) is 9.53 Å². The van der Waals surface area contributed by atoms with E-state index < -0.39 is 5.25 Å². The lowest BCUT2D eigenvalue weighted by atomic mass is 10.1. The average molecular weight is 600 g/mol. The molecule has 3 aromatic rings. The summed E-state index contributed by atoms with van der Waals surface area (Å²) in [6, 6.07) is 21.9. The number of para-hydroxylation sites is 1. The normalized spacial score (nSPS) is 17.5. The summed E-state index contributed by atoms with van der Waals surface area (Å²) in [5.41, 5.74) is 2.59. The first-order valence-electron chi connectivity index (χ1n) is 14.0. The second kappa shape index (κ2) is 13.8. The van der Waals surface area contributed by atoms with Crippen molar-refractivity contribution in [1.29, 1.82) is 0 Å². The Kier molecular flexibility index (Phi) is 9.71. The number of ether oxygens (including phenoxy) is 1. The molecule has 0 bridgehead atoms. The third-order valence-corrected chi connectivity index (χ3v) is 9.25. The number of nitrogens with one attached hydrogen (secondary N) is 2. The molecule has 2 N–H and O–H groups in total. The van der Waals surface area contributed by atoms with Gasteiger partial charge in [0.05, 0.1) is 34.4 Å². The van der Waals surface area contributed by atoms with Crippen LogP contribution in [0.15, 0.2) is 107 Å². The molecular formula is C33H33N3O4S2. The van der Waals surface area contributed by atoms with Crippen LogP contribution in [0.4, 0.5) is 21.9 Å². The van der Waals surface area contributed by atoms with Crippen molar-refractivity contribution in [2.75, 3.05) is 22.1 Å². The summed E-state index contributed by atoms with van der Waals surface area (Å²) in [6.07, 6.45) is 9.98. The maximum atomic E-state index is 13.6. The van der Waals surface area contributed by atoms with Crippen molar-refractivity contribution in [2.45, 2.75) is 53.0 Å². The van der Waals surface area contributed by atoms with Crippen molar-refractivity contribution in [3.8, 4) is 0 Å². The Morgan fingerprint density at radius 2 is 1.74 bits per heavy atom. The summed E-state index contributed by atoms with van der Waals surface area (Å²) < 4.78 is 5.24. The van der Waals surface area contributed by atoms with Gasteiger partial charge >= 0.3 is 12.0 Å². The zero-order chi connectivity index (χ0) is 29.5. The van der Waals surface area contributed by atoms with Crippen LogP contribution >= 0.6 is 23.5 Å². The Labute approximate surface area is 254 Å². The zero-order valence-corrected chi connectivity index (χ0v) is 25.1. The molecule has 5 rings (SSSR count). The van der Waals surface area contributed by atoms with Gasteiger partial charge < -0.3 is 15.4 Å². The van der Waals surface area contributed by atoms with Crippen LogP contribution in [0.3, 0.4) is 0 Å². The quantitative estimate of drug-likeness (QED) is 0.148. The summed E-state index contributed by atoms with van der Waals surface area (Å²) in [7, 11) is 0. The fraction of sp³-hybridized carbons (Fsp3) is 0.242. The predicted molar refractivity (Wildman–Crippen MR) is 172 cm³/mol. The number of amides is 3. The Bertz CT molecular complexity index is 1510. The maximum Gasteiger partial charge on any atom is 0.338 e. The van der Waals surface area contributed by atoms with Crippen molar-refractivity contribution in [2.24, 2.45) is 0 Å². The molecule has 7 nitrogen and oxygen atoms in total. The third kappa shape index (κ3) is 7.09. The molecule has 0 radical (unpaired) electrons. The van der Waals surface area contributed by atoms with Gasteiger partial charge in [-0.25, -0.2) is 9.59 Å². The summed E-state index contributed by atoms with van der Waals surface area (Å²) in [4.78, 5) is 42.4. The monoisotopic (exact) mass is 599 g/mol. The highest BCUT2D eigenvalue weighted by atomic mass is 32.2. The van der Waals surface area contributed by atoms with Crippen LogP contribution in [-0.4, -0.2) is 41.1 Å². The molecule has 0 saturated heterocycles. The molecule has 1 heterocycles. The number of allylic oxidation sites excluding steroid dienone is 2. The summed E-state index contributed by atoms with van der Waals surface area (Å²) in [5.74, 6) is -0.536. The van der Waals surface area contributed by atoms with E-state index in [1.165, 1.54) is 11.8 Å². The van der Waals surface area contributed by atoms with Crippen LogP contribution in [0.5, 0.6) is 0 Å². The highest BCUT2D eigenvalue weighted by molar-refractivity contribution is 8.00. The molecule has 0 spiro atoms. The minimum absolute atomic E-state index is 0.0862. The number of carbonyl (C=O) groups is 3. The molecule has 0 fully saturated rings. The van der Waals surface area contributed by atoms with Crippen LogP contribution < -0.4 is 15.5 Å². The van der Waals surface area contributed by atoms with E-state index in [0.717, 1.165) is 28.3 Å². The summed E-state index contributed by atoms with van der Waals surface area (Å²) >= 11 is 3.16. The van der Waals surface area contributed by atoms with Gasteiger partial charge in [0.15, 0.2) is 0 Å². The molecule has 42 heavy (non-hydrogen) atoms. The SMILES string of the molecule is CCCCOC(=O)c1ccc(NC(=O)C(C)Sc2cccc(NC(=O)N3c4ccccc4SC4C=CC=CC43)c2)cc1. The van der Waals surface area contributed by atoms with Crippen molar-refractivity contribution < 1.29 is 19.1 Å². The van der Waals surface area contributed by atoms with E-state index in [1.807, 2.05) is 79.4 Å². The molecule has 3 amide bonds. The molecular weight excluding hydrogens is 567 g/mol. The number of rotatable bonds is 9. The van der Waals surface area contributed by atoms with Gasteiger partial charge in [0, 0.05) is 21.2 Å². The van der Waals surface area contributed by atoms with Gasteiger partial charge in [-0.05, 0) is 67.9 Å². The number of esters is 1. The van der Waals surface area contributed by atoms with Gasteiger partial charge in [-0.2, -0.15) is 0 Å². The molecule has 216 valence electrons. The number of urea groups is 1. The van der Waals surface area contributed by atoms with Gasteiger partial charge in [0.1, 0.15) is 0 Å². The minimum atomic E-state index is -0.402. The second-order valence-electron chi connectivity index (χ2n) is 9.95. The Morgan fingerprint density at radius 1 is 0.952 bits per heavy atom. The molecule has 3 unspecified atom stereocenters. The van der Waals surface area contributed by atoms with Crippen molar-refractivity contribution in [1.82, 2.24) is 0 Å². The lowest BCUT2D eigenvalue weighted by molar-refractivity contribution is -0.115. The minimum Gasteiger partial charge on any atom is -0.462 e. The highest BCUT2D eigenvalue weighted by Gasteiger charge is 2.36. The first-order chi connectivity index (χ1) is 20.4. The fourth-order valence-electron chi connectivity index (χ4n) is 4.64. The number of hydrogen-bond donors (Lipinski definition) is 2. The van der Waals surface area contributed by atoms with Gasteiger partial charge in [-0.3, -0.25) is 9.69 Å². The third-order valence-electron chi connectivity index (χ3n) is 6.85. The smallest absolute Gasteiger partial charge is 0.338 e. The van der Waals surface area contributed by atoms with Gasteiger partial charge in [0.2, 0.25) is 5.91 Å². The van der Waals surface area contributed by atoms with E-state index in [-0.39, 0.29) is 29.2 Å². The van der Waals surface area contributed by atoms with Crippen molar-refractivity contribution in [3.05, 3.63) is 103 Å². The van der Waals surface area contributed by atoms with Crippen LogP contribution in [0, 0.1) is 0 Å². The Hall–Kier alpha value is -3.95. The molecule has 0 aromatic heterocycles. The van der Waals surface area contributed by atoms with Crippen LogP contribution in [0.25, 0.3) is 0 Å². The first kappa shape index (κ1) is 29.5. The average Bonchev–Trinajstić information content (AvgIpc) is 3.00.